The van der Waals surface area contributed by atoms with Crippen LogP contribution in [0.25, 0.3) is 105 Å². The first-order valence-corrected chi connectivity index (χ1v) is 43.6. The van der Waals surface area contributed by atoms with Gasteiger partial charge in [0, 0.05) is 209 Å². The molecule has 127 heavy (non-hydrogen) atoms. The molecule has 0 bridgehead atoms. The van der Waals surface area contributed by atoms with Gasteiger partial charge in [-0.3, -0.25) is 37.5 Å². The zero-order valence-electron chi connectivity index (χ0n) is 73.2. The zero-order chi connectivity index (χ0) is 88.0. The van der Waals surface area contributed by atoms with Crippen LogP contribution in [0.15, 0.2) is 239 Å². The fraction of sp³-hybridized carbons (Fsp3) is 0.257. The Bertz CT molecular complexity index is 6850. The third-order valence-corrected chi connectivity index (χ3v) is 23.8. The van der Waals surface area contributed by atoms with Crippen molar-refractivity contribution in [2.45, 2.75) is 144 Å². The Labute approximate surface area is 736 Å². The van der Waals surface area contributed by atoms with E-state index in [4.69, 9.17) is 31.5 Å². The van der Waals surface area contributed by atoms with Gasteiger partial charge in [-0.15, -0.1) is 0 Å². The highest BCUT2D eigenvalue weighted by Crippen LogP contribution is 2.35. The van der Waals surface area contributed by atoms with E-state index in [1.165, 1.54) is 79.7 Å². The average Bonchev–Trinajstić information content (AvgIpc) is 1.64. The van der Waals surface area contributed by atoms with Crippen LogP contribution in [-0.2, 0) is 25.7 Å². The number of halogens is 2. The molecule has 642 valence electrons. The Morgan fingerprint density at radius 2 is 0.677 bits per heavy atom. The Morgan fingerprint density at radius 3 is 1.01 bits per heavy atom. The van der Waals surface area contributed by atoms with Gasteiger partial charge in [-0.2, -0.15) is 0 Å². The number of aromatic nitrogens is 19. The molecule has 19 rings (SSSR count). The lowest BCUT2D eigenvalue weighted by Crippen LogP contribution is -2.10. The second kappa shape index (κ2) is 39.3. The number of aromatic amines is 3. The molecule has 0 saturated heterocycles. The smallest absolute Gasteiger partial charge is 0.205 e. The number of H-pyrrole nitrogens is 3. The van der Waals surface area contributed by atoms with Gasteiger partial charge in [0.25, 0.3) is 0 Å². The van der Waals surface area contributed by atoms with Crippen molar-refractivity contribution in [2.75, 3.05) is 47.4 Å². The first-order chi connectivity index (χ1) is 62.0. The van der Waals surface area contributed by atoms with Crippen LogP contribution in [0.2, 0.25) is 0 Å². The molecule has 0 spiro atoms. The highest BCUT2D eigenvalue weighted by molar-refractivity contribution is 5.85. The van der Waals surface area contributed by atoms with Crippen LogP contribution < -0.4 is 21.3 Å². The molecular weight excluding hydrogens is 1590 g/mol. The lowest BCUT2D eigenvalue weighted by Gasteiger charge is -2.13. The van der Waals surface area contributed by atoms with Gasteiger partial charge in [-0.1, -0.05) is 140 Å². The SMILES string of the molecule is CCC(C)c1cnc2c(NCCc3c[nH]c4ccccc34)nc(-c3cncc(C)c3)cn12.CCC(C)c1cnc2c(NCCc3c[nH]c4ccccc34)nc(-c3cncc(F)c3)cn12.CCC(C)c1cnc2c(NCCc3ccc(C)cc3)nc(-c3cncc(F)c3)cn12.[C-]#[N+]c1cncc(-c2cn3c(C(C)CC)cnc3c(NCCc3c[nH]c4ccccc34)n2)c1. The van der Waals surface area contributed by atoms with E-state index in [0.29, 0.717) is 70.1 Å². The van der Waals surface area contributed by atoms with Crippen molar-refractivity contribution in [1.29, 1.82) is 0 Å². The largest absolute Gasteiger partial charge is 0.367 e. The highest BCUT2D eigenvalue weighted by atomic mass is 19.1. The second-order valence-electron chi connectivity index (χ2n) is 32.5. The van der Waals surface area contributed by atoms with Crippen LogP contribution in [0, 0.1) is 32.1 Å². The number of imidazole rings is 4. The van der Waals surface area contributed by atoms with Gasteiger partial charge < -0.3 is 36.2 Å². The van der Waals surface area contributed by atoms with E-state index in [0.717, 1.165) is 161 Å². The maximum atomic E-state index is 13.8. The molecule has 0 aliphatic heterocycles. The molecule has 0 fully saturated rings. The lowest BCUT2D eigenvalue weighted by molar-refractivity contribution is 0.621. The Hall–Kier alpha value is -14.9. The summed E-state index contributed by atoms with van der Waals surface area (Å²) < 4.78 is 36.0. The van der Waals surface area contributed by atoms with E-state index < -0.39 is 0 Å². The van der Waals surface area contributed by atoms with Crippen LogP contribution in [0.4, 0.5) is 37.7 Å². The summed E-state index contributed by atoms with van der Waals surface area (Å²) in [4.78, 5) is 68.2. The van der Waals surface area contributed by atoms with E-state index in [1.54, 1.807) is 24.8 Å². The number of para-hydroxylation sites is 3. The summed E-state index contributed by atoms with van der Waals surface area (Å²) in [7, 11) is 0. The number of hydrogen-bond donors (Lipinski definition) is 7. The number of nitrogens with zero attached hydrogens (tertiary/aromatic N) is 17. The average molecular weight is 1690 g/mol. The van der Waals surface area contributed by atoms with Crippen molar-refractivity contribution >= 4 is 84.3 Å². The van der Waals surface area contributed by atoms with Crippen LogP contribution in [0.3, 0.4) is 0 Å². The summed E-state index contributed by atoms with van der Waals surface area (Å²) in [5.41, 5.74) is 25.2. The summed E-state index contributed by atoms with van der Waals surface area (Å²) >= 11 is 0. The fourth-order valence-corrected chi connectivity index (χ4v) is 15.8. The van der Waals surface area contributed by atoms with Gasteiger partial charge in [0.1, 0.15) is 11.6 Å². The van der Waals surface area contributed by atoms with Gasteiger partial charge in [-0.25, -0.2) is 53.5 Å². The van der Waals surface area contributed by atoms with Crippen molar-refractivity contribution in [3.8, 4) is 45.0 Å². The first kappa shape index (κ1) is 85.7. The van der Waals surface area contributed by atoms with Gasteiger partial charge in [0.15, 0.2) is 45.9 Å². The molecule has 26 heteroatoms. The number of anilines is 4. The minimum atomic E-state index is -0.383. The number of hydrogen-bond acceptors (Lipinski definition) is 16. The van der Waals surface area contributed by atoms with Gasteiger partial charge >= 0.3 is 0 Å². The van der Waals surface area contributed by atoms with Gasteiger partial charge in [-0.05, 0) is 159 Å². The molecule has 4 unspecified atom stereocenters. The van der Waals surface area contributed by atoms with Crippen molar-refractivity contribution in [1.82, 2.24) is 92.4 Å². The summed E-state index contributed by atoms with van der Waals surface area (Å²) in [5, 5.41) is 17.7. The minimum Gasteiger partial charge on any atom is -0.367 e. The molecule has 7 N–H and O–H groups in total. The molecule has 15 heterocycles. The van der Waals surface area contributed by atoms with Crippen LogP contribution in [0.5, 0.6) is 0 Å². The van der Waals surface area contributed by atoms with Crippen molar-refractivity contribution in [2.24, 2.45) is 0 Å². The van der Waals surface area contributed by atoms with Gasteiger partial charge in [0.05, 0.1) is 41.7 Å². The number of pyridine rings is 4. The maximum absolute atomic E-state index is 13.8. The molecule has 19 aromatic rings. The number of fused-ring (bicyclic) bond motifs is 7. The van der Waals surface area contributed by atoms with Crippen LogP contribution in [-0.4, -0.2) is 119 Å². The van der Waals surface area contributed by atoms with E-state index in [9.17, 15) is 8.78 Å². The molecular formula is C101H104F2N24. The van der Waals surface area contributed by atoms with Crippen molar-refractivity contribution < 1.29 is 8.78 Å². The second-order valence-corrected chi connectivity index (χ2v) is 32.5. The summed E-state index contributed by atoms with van der Waals surface area (Å²) in [5.74, 6) is 3.61. The Morgan fingerprint density at radius 1 is 0.362 bits per heavy atom. The number of nitrogens with one attached hydrogen (secondary N) is 7. The zero-order valence-corrected chi connectivity index (χ0v) is 73.2. The van der Waals surface area contributed by atoms with E-state index in [1.807, 2.05) is 74.0 Å². The summed E-state index contributed by atoms with van der Waals surface area (Å²) in [6.07, 6.45) is 42.1. The Balaban J connectivity index is 0.000000125. The Kier molecular flexibility index (Phi) is 26.5. The number of aryl methyl sites for hydroxylation is 2. The summed E-state index contributed by atoms with van der Waals surface area (Å²) in [6, 6.07) is 40.4. The molecule has 0 radical (unpaired) electrons. The first-order valence-electron chi connectivity index (χ1n) is 43.6. The normalized spacial score (nSPS) is 12.3. The standard InChI is InChI=1S/C26H25N7.C26H28N6.C25H25FN6.C24H26FN5/c1-4-17(2)24-15-31-26-25(29-10-9-18-13-30-22-8-6-5-7-21(18)22)32-23(16-33(24)26)19-11-20(27-3)14-28-12-19;1-4-18(3)24-15-30-26-25(28-10-9-19-14-29-22-8-6-5-7-21(19)22)31-23(16-32(24)26)20-11-17(2)12-27-13-20;1-3-16(2)23-14-30-25-24(28-9-8-17-12-29-21-7-5-4-6-20(17)21)31-22(15-32(23)25)18-10-19(26)13-27-11-18;1-4-17(3)22-14-28-24-23(27-10-9-18-7-5-16(2)6-8-18)29-21(15-30(22)24)19-11-20(25)13-26-12-19/h5-8,11-17,30H,4,9-10H2,1-2H3,(H,29,32);5-8,11-16,18,29H,4,9-10H2,1-3H3,(H,28,31);4-7,10-16,29H,3,8-9H2,1-2H3,(H,28,31);5-8,11-15,17H,4,9-10H2,1-3H3,(H,27,29). The quantitative estimate of drug-likeness (QED) is 0.0225. The monoisotopic (exact) mass is 1690 g/mol. The predicted molar refractivity (Wildman–Crippen MR) is 505 cm³/mol. The van der Waals surface area contributed by atoms with Crippen molar-refractivity contribution in [3.63, 3.8) is 0 Å². The third-order valence-electron chi connectivity index (χ3n) is 23.8. The molecule has 4 atom stereocenters. The molecule has 15 aromatic heterocycles. The molecule has 0 saturated carbocycles. The minimum absolute atomic E-state index is 0.338. The van der Waals surface area contributed by atoms with Crippen molar-refractivity contribution in [3.05, 3.63) is 318 Å². The summed E-state index contributed by atoms with van der Waals surface area (Å²) in [6.45, 7) is 31.9. The molecule has 24 nitrogen and oxygen atoms in total. The van der Waals surface area contributed by atoms with E-state index in [-0.39, 0.29) is 11.6 Å². The molecule has 4 aromatic carbocycles. The predicted octanol–water partition coefficient (Wildman–Crippen LogP) is 22.7. The lowest BCUT2D eigenvalue weighted by atomic mass is 10.1. The third kappa shape index (κ3) is 19.4. The van der Waals surface area contributed by atoms with Gasteiger partial charge in [0.2, 0.25) is 5.69 Å². The number of rotatable bonds is 28. The van der Waals surface area contributed by atoms with E-state index in [2.05, 4.69) is 279 Å². The molecule has 0 amide bonds. The highest BCUT2D eigenvalue weighted by Gasteiger charge is 2.23. The maximum Gasteiger partial charge on any atom is 0.205 e. The van der Waals surface area contributed by atoms with E-state index >= 15 is 0 Å². The van der Waals surface area contributed by atoms with Crippen LogP contribution >= 0.6 is 0 Å². The molecule has 0 aliphatic rings. The molecule has 0 aliphatic carbocycles. The fourth-order valence-electron chi connectivity index (χ4n) is 15.8. The number of benzene rings is 4. The van der Waals surface area contributed by atoms with Crippen LogP contribution in [0.1, 0.15) is 161 Å². The topological polar surface area (TPSA) is 272 Å².